The molecule has 7 heteroatoms. The maximum atomic E-state index is 5.69. The van der Waals surface area contributed by atoms with Crippen LogP contribution in [0.5, 0.6) is 0 Å². The zero-order valence-corrected chi connectivity index (χ0v) is 8.89. The van der Waals surface area contributed by atoms with Crippen molar-refractivity contribution in [3.05, 3.63) is 31.1 Å². The maximum Gasteiger partial charge on any atom is 0.262 e. The predicted molar refractivity (Wildman–Crippen MR) is 58.0 cm³/mol. The molecule has 6 nitrogen and oxygen atoms in total. The van der Waals surface area contributed by atoms with Gasteiger partial charge in [0.2, 0.25) is 0 Å². The molecule has 0 bridgehead atoms. The van der Waals surface area contributed by atoms with Crippen molar-refractivity contribution in [2.45, 2.75) is 10.2 Å². The molecular formula is C9H7N5OS. The van der Waals surface area contributed by atoms with Crippen LogP contribution in [0.15, 0.2) is 45.7 Å². The van der Waals surface area contributed by atoms with E-state index < -0.39 is 0 Å². The van der Waals surface area contributed by atoms with E-state index >= 15 is 0 Å². The number of rotatable bonds is 2. The molecular weight excluding hydrogens is 226 g/mol. The van der Waals surface area contributed by atoms with Crippen molar-refractivity contribution in [1.29, 1.82) is 0 Å². The molecule has 3 rings (SSSR count). The summed E-state index contributed by atoms with van der Waals surface area (Å²) in [5.74, 6) is 0.430. The molecule has 0 radical (unpaired) electrons. The second kappa shape index (κ2) is 3.53. The highest BCUT2D eigenvalue weighted by molar-refractivity contribution is 7.99. The van der Waals surface area contributed by atoms with Crippen molar-refractivity contribution in [2.24, 2.45) is 0 Å². The lowest BCUT2D eigenvalue weighted by molar-refractivity contribution is 0.454. The Kier molecular flexibility index (Phi) is 2.03. The number of anilines is 1. The summed E-state index contributed by atoms with van der Waals surface area (Å²) in [6.45, 7) is 0. The highest BCUT2D eigenvalue weighted by Gasteiger charge is 2.10. The van der Waals surface area contributed by atoms with Gasteiger partial charge in [-0.05, 0) is 11.8 Å². The molecule has 2 N–H and O–H groups in total. The van der Waals surface area contributed by atoms with Crippen LogP contribution in [0.3, 0.4) is 0 Å². The molecule has 0 aliphatic carbocycles. The summed E-state index contributed by atoms with van der Waals surface area (Å²) < 4.78 is 6.95. The van der Waals surface area contributed by atoms with Crippen LogP contribution < -0.4 is 5.73 Å². The van der Waals surface area contributed by atoms with Crippen molar-refractivity contribution in [3.8, 4) is 0 Å². The highest BCUT2D eigenvalue weighted by Crippen LogP contribution is 2.27. The topological polar surface area (TPSA) is 82.2 Å². The fourth-order valence-corrected chi connectivity index (χ4v) is 2.12. The number of aromatic nitrogens is 4. The zero-order chi connectivity index (χ0) is 11.0. The zero-order valence-electron chi connectivity index (χ0n) is 8.07. The Morgan fingerprint density at radius 2 is 2.25 bits per heavy atom. The molecule has 80 valence electrons. The normalized spacial score (nSPS) is 11.0. The molecule has 3 aromatic rings. The standard InChI is InChI=1S/C9H7N5OS/c10-6-5-14-3-1-11-7(14)8(13-6)16-9-12-2-4-15-9/h1-5H,10H2. The SMILES string of the molecule is Nc1cn2ccnc2c(Sc2ncco2)n1. The van der Waals surface area contributed by atoms with E-state index in [1.54, 1.807) is 18.6 Å². The van der Waals surface area contributed by atoms with Crippen molar-refractivity contribution in [2.75, 3.05) is 5.73 Å². The average molecular weight is 233 g/mol. The lowest BCUT2D eigenvalue weighted by Crippen LogP contribution is -1.97. The van der Waals surface area contributed by atoms with Crippen LogP contribution in [0.4, 0.5) is 5.82 Å². The Balaban J connectivity index is 2.11. The second-order valence-corrected chi connectivity index (χ2v) is 3.97. The summed E-state index contributed by atoms with van der Waals surface area (Å²) in [6, 6.07) is 0. The van der Waals surface area contributed by atoms with Crippen LogP contribution in [0.25, 0.3) is 5.65 Å². The number of oxazole rings is 1. The van der Waals surface area contributed by atoms with Crippen LogP contribution in [0.1, 0.15) is 0 Å². The molecule has 0 saturated heterocycles. The first-order valence-electron chi connectivity index (χ1n) is 4.49. The smallest absolute Gasteiger partial charge is 0.262 e. The predicted octanol–water partition coefficient (Wildman–Crippen LogP) is 1.45. The monoisotopic (exact) mass is 233 g/mol. The van der Waals surface area contributed by atoms with E-state index in [9.17, 15) is 0 Å². The molecule has 0 fully saturated rings. The van der Waals surface area contributed by atoms with Gasteiger partial charge in [0, 0.05) is 12.4 Å². The molecule has 0 spiro atoms. The minimum atomic E-state index is 0.430. The van der Waals surface area contributed by atoms with E-state index in [0.29, 0.717) is 16.1 Å². The van der Waals surface area contributed by atoms with Gasteiger partial charge in [0.05, 0.1) is 12.4 Å². The van der Waals surface area contributed by atoms with Crippen LogP contribution in [0.2, 0.25) is 0 Å². The van der Waals surface area contributed by atoms with E-state index in [4.69, 9.17) is 10.2 Å². The Morgan fingerprint density at radius 3 is 3.06 bits per heavy atom. The van der Waals surface area contributed by atoms with Crippen molar-refractivity contribution in [1.82, 2.24) is 19.4 Å². The summed E-state index contributed by atoms with van der Waals surface area (Å²) in [6.07, 6.45) is 8.31. The molecule has 0 aliphatic rings. The van der Waals surface area contributed by atoms with Crippen molar-refractivity contribution < 1.29 is 4.42 Å². The van der Waals surface area contributed by atoms with E-state index in [-0.39, 0.29) is 0 Å². The quantitative estimate of drug-likeness (QED) is 0.721. The molecule has 16 heavy (non-hydrogen) atoms. The summed E-state index contributed by atoms with van der Waals surface area (Å²) in [5.41, 5.74) is 6.42. The van der Waals surface area contributed by atoms with Crippen LogP contribution in [-0.4, -0.2) is 19.4 Å². The minimum absolute atomic E-state index is 0.430. The van der Waals surface area contributed by atoms with Crippen LogP contribution >= 0.6 is 11.8 Å². The Bertz CT molecular complexity index is 618. The van der Waals surface area contributed by atoms with Crippen molar-refractivity contribution >= 4 is 23.2 Å². The summed E-state index contributed by atoms with van der Waals surface area (Å²) >= 11 is 1.29. The first-order chi connectivity index (χ1) is 7.83. The highest BCUT2D eigenvalue weighted by atomic mass is 32.2. The lowest BCUT2D eigenvalue weighted by Gasteiger charge is -2.01. The van der Waals surface area contributed by atoms with Gasteiger partial charge in [-0.1, -0.05) is 0 Å². The first-order valence-corrected chi connectivity index (χ1v) is 5.31. The first kappa shape index (κ1) is 9.22. The van der Waals surface area contributed by atoms with Gasteiger partial charge in [-0.25, -0.2) is 15.0 Å². The summed E-state index contributed by atoms with van der Waals surface area (Å²) in [5, 5.41) is 1.19. The molecule has 0 saturated carbocycles. The third-order valence-corrected chi connectivity index (χ3v) is 2.80. The largest absolute Gasteiger partial charge is 0.440 e. The Morgan fingerprint density at radius 1 is 1.31 bits per heavy atom. The van der Waals surface area contributed by atoms with Crippen LogP contribution in [0, 0.1) is 0 Å². The number of hydrogen-bond donors (Lipinski definition) is 1. The number of imidazole rings is 1. The molecule has 3 heterocycles. The molecule has 0 unspecified atom stereocenters. The van der Waals surface area contributed by atoms with Gasteiger partial charge >= 0.3 is 0 Å². The van der Waals surface area contributed by atoms with E-state index in [2.05, 4.69) is 15.0 Å². The number of nitrogen functional groups attached to an aromatic ring is 1. The fourth-order valence-electron chi connectivity index (χ4n) is 1.33. The van der Waals surface area contributed by atoms with Gasteiger partial charge in [-0.15, -0.1) is 0 Å². The van der Waals surface area contributed by atoms with E-state index in [1.807, 2.05) is 10.6 Å². The number of nitrogens with zero attached hydrogens (tertiary/aromatic N) is 4. The van der Waals surface area contributed by atoms with Gasteiger partial charge in [0.1, 0.15) is 12.1 Å². The van der Waals surface area contributed by atoms with E-state index in [0.717, 1.165) is 5.65 Å². The third kappa shape index (κ3) is 1.50. The van der Waals surface area contributed by atoms with E-state index in [1.165, 1.54) is 18.0 Å². The summed E-state index contributed by atoms with van der Waals surface area (Å²) in [7, 11) is 0. The molecule has 0 amide bonds. The summed E-state index contributed by atoms with van der Waals surface area (Å²) in [4.78, 5) is 12.4. The van der Waals surface area contributed by atoms with Gasteiger partial charge < -0.3 is 14.6 Å². The van der Waals surface area contributed by atoms with Gasteiger partial charge in [0.15, 0.2) is 10.7 Å². The fraction of sp³-hybridized carbons (Fsp3) is 0. The number of hydrogen-bond acceptors (Lipinski definition) is 6. The third-order valence-electron chi connectivity index (χ3n) is 1.96. The average Bonchev–Trinajstić information content (AvgIpc) is 2.87. The van der Waals surface area contributed by atoms with Gasteiger partial charge in [-0.3, -0.25) is 0 Å². The number of nitrogens with two attached hydrogens (primary N) is 1. The molecule has 0 atom stereocenters. The Labute approximate surface area is 94.5 Å². The maximum absolute atomic E-state index is 5.69. The number of fused-ring (bicyclic) bond motifs is 1. The molecule has 3 aromatic heterocycles. The van der Waals surface area contributed by atoms with Gasteiger partial charge in [0.25, 0.3) is 5.22 Å². The lowest BCUT2D eigenvalue weighted by atomic mass is 10.6. The molecule has 0 aliphatic heterocycles. The van der Waals surface area contributed by atoms with Gasteiger partial charge in [-0.2, -0.15) is 0 Å². The van der Waals surface area contributed by atoms with Crippen LogP contribution in [-0.2, 0) is 0 Å². The van der Waals surface area contributed by atoms with Crippen molar-refractivity contribution in [3.63, 3.8) is 0 Å². The minimum Gasteiger partial charge on any atom is -0.440 e. The molecule has 0 aromatic carbocycles. The Hall–Kier alpha value is -2.02. The second-order valence-electron chi connectivity index (χ2n) is 3.03.